The van der Waals surface area contributed by atoms with E-state index in [4.69, 9.17) is 5.73 Å². The highest BCUT2D eigenvalue weighted by atomic mass is 32.1. The highest BCUT2D eigenvalue weighted by Crippen LogP contribution is 2.32. The fraction of sp³-hybridized carbons (Fsp3) is 0.556. The molecule has 4 nitrogen and oxygen atoms in total. The van der Waals surface area contributed by atoms with Crippen LogP contribution < -0.4 is 11.1 Å². The molecule has 76 valence electrons. The van der Waals surface area contributed by atoms with E-state index >= 15 is 0 Å². The molecule has 1 aliphatic carbocycles. The third kappa shape index (κ3) is 1.93. The van der Waals surface area contributed by atoms with Crippen LogP contribution in [0.3, 0.4) is 0 Å². The number of nitrogens with one attached hydrogen (secondary N) is 1. The Hall–Kier alpha value is -0.940. The maximum Gasteiger partial charge on any atom is 0.240 e. The second-order valence-electron chi connectivity index (χ2n) is 3.70. The van der Waals surface area contributed by atoms with Crippen molar-refractivity contribution in [2.75, 3.05) is 0 Å². The molecule has 0 atom stereocenters. The van der Waals surface area contributed by atoms with Crippen LogP contribution in [0.2, 0.25) is 0 Å². The molecular formula is C9H13N3OS. The number of nitrogens with two attached hydrogens (primary N) is 1. The third-order valence-electron chi connectivity index (χ3n) is 2.31. The zero-order valence-corrected chi connectivity index (χ0v) is 8.86. The average Bonchev–Trinajstić information content (AvgIpc) is 2.76. The average molecular weight is 211 g/mol. The monoisotopic (exact) mass is 211 g/mol. The summed E-state index contributed by atoms with van der Waals surface area (Å²) in [5.41, 5.74) is 5.15. The molecule has 0 unspecified atom stereocenters. The first kappa shape index (κ1) is 9.61. The summed E-state index contributed by atoms with van der Waals surface area (Å²) in [7, 11) is 0. The molecule has 0 saturated heterocycles. The molecular weight excluding hydrogens is 198 g/mol. The molecule has 1 amide bonds. The lowest BCUT2D eigenvalue weighted by atomic mass is 10.3. The van der Waals surface area contributed by atoms with Crippen LogP contribution in [0.1, 0.15) is 22.7 Å². The van der Waals surface area contributed by atoms with Crippen molar-refractivity contribution in [1.29, 1.82) is 0 Å². The maximum atomic E-state index is 11.4. The van der Waals surface area contributed by atoms with Gasteiger partial charge in [0.2, 0.25) is 5.91 Å². The zero-order chi connectivity index (χ0) is 10.2. The van der Waals surface area contributed by atoms with Gasteiger partial charge in [-0.05, 0) is 19.8 Å². The smallest absolute Gasteiger partial charge is 0.240 e. The van der Waals surface area contributed by atoms with Gasteiger partial charge in [-0.25, -0.2) is 4.98 Å². The highest BCUT2D eigenvalue weighted by Gasteiger charge is 2.45. The van der Waals surface area contributed by atoms with Gasteiger partial charge in [0, 0.05) is 11.1 Å². The fourth-order valence-corrected chi connectivity index (χ4v) is 1.90. The van der Waals surface area contributed by atoms with E-state index in [9.17, 15) is 4.79 Å². The number of carbonyl (C=O) groups is 1. The van der Waals surface area contributed by atoms with Gasteiger partial charge in [0.1, 0.15) is 5.01 Å². The number of aromatic nitrogens is 1. The fourth-order valence-electron chi connectivity index (χ4n) is 1.18. The number of rotatable bonds is 3. The van der Waals surface area contributed by atoms with Crippen LogP contribution in [0.15, 0.2) is 6.20 Å². The second-order valence-corrected chi connectivity index (χ2v) is 5.02. The van der Waals surface area contributed by atoms with E-state index in [1.165, 1.54) is 0 Å². The first-order valence-electron chi connectivity index (χ1n) is 4.59. The normalized spacial score (nSPS) is 17.9. The molecule has 0 spiro atoms. The zero-order valence-electron chi connectivity index (χ0n) is 8.04. The SMILES string of the molecule is Cc1cnc(CNC(=O)C2(N)CC2)s1. The van der Waals surface area contributed by atoms with Gasteiger partial charge in [-0.3, -0.25) is 4.79 Å². The van der Waals surface area contributed by atoms with Crippen LogP contribution in [-0.2, 0) is 11.3 Å². The third-order valence-corrected chi connectivity index (χ3v) is 3.22. The molecule has 0 bridgehead atoms. The predicted octanol–water partition coefficient (Wildman–Crippen LogP) is 0.559. The predicted molar refractivity (Wildman–Crippen MR) is 54.9 cm³/mol. The van der Waals surface area contributed by atoms with Crippen molar-refractivity contribution in [3.05, 3.63) is 16.1 Å². The van der Waals surface area contributed by atoms with Crippen molar-refractivity contribution in [2.24, 2.45) is 5.73 Å². The summed E-state index contributed by atoms with van der Waals surface area (Å²) >= 11 is 1.59. The first-order chi connectivity index (χ1) is 6.60. The highest BCUT2D eigenvalue weighted by molar-refractivity contribution is 7.11. The lowest BCUT2D eigenvalue weighted by molar-refractivity contribution is -0.123. The van der Waals surface area contributed by atoms with Gasteiger partial charge in [0.25, 0.3) is 0 Å². The number of carbonyl (C=O) groups excluding carboxylic acids is 1. The number of amides is 1. The Bertz CT molecular complexity index is 357. The summed E-state index contributed by atoms with van der Waals surface area (Å²) in [5.74, 6) is -0.0506. The topological polar surface area (TPSA) is 68.0 Å². The van der Waals surface area contributed by atoms with Crippen molar-refractivity contribution in [3.63, 3.8) is 0 Å². The number of hydrogen-bond acceptors (Lipinski definition) is 4. The van der Waals surface area contributed by atoms with E-state index in [0.29, 0.717) is 6.54 Å². The molecule has 0 aliphatic heterocycles. The molecule has 1 aliphatic rings. The van der Waals surface area contributed by atoms with E-state index < -0.39 is 5.54 Å². The van der Waals surface area contributed by atoms with E-state index in [2.05, 4.69) is 10.3 Å². The van der Waals surface area contributed by atoms with Crippen molar-refractivity contribution in [1.82, 2.24) is 10.3 Å². The van der Waals surface area contributed by atoms with Crippen LogP contribution in [0.5, 0.6) is 0 Å². The van der Waals surface area contributed by atoms with Gasteiger partial charge >= 0.3 is 0 Å². The van der Waals surface area contributed by atoms with Gasteiger partial charge in [0.15, 0.2) is 0 Å². The largest absolute Gasteiger partial charge is 0.348 e. The van der Waals surface area contributed by atoms with Crippen LogP contribution in [-0.4, -0.2) is 16.4 Å². The van der Waals surface area contributed by atoms with Gasteiger partial charge < -0.3 is 11.1 Å². The summed E-state index contributed by atoms with van der Waals surface area (Å²) < 4.78 is 0. The van der Waals surface area contributed by atoms with Gasteiger partial charge in [-0.15, -0.1) is 11.3 Å². The van der Waals surface area contributed by atoms with Crippen molar-refractivity contribution >= 4 is 17.2 Å². The summed E-state index contributed by atoms with van der Waals surface area (Å²) in [5, 5.41) is 3.73. The summed E-state index contributed by atoms with van der Waals surface area (Å²) in [6, 6.07) is 0. The van der Waals surface area contributed by atoms with Crippen LogP contribution in [0, 0.1) is 6.92 Å². The Labute approximate surface area is 86.5 Å². The number of thiazole rings is 1. The molecule has 1 heterocycles. The number of aryl methyl sites for hydroxylation is 1. The quantitative estimate of drug-likeness (QED) is 0.767. The lowest BCUT2D eigenvalue weighted by Gasteiger charge is -2.07. The molecule has 0 aromatic carbocycles. The van der Waals surface area contributed by atoms with Crippen LogP contribution >= 0.6 is 11.3 Å². The lowest BCUT2D eigenvalue weighted by Crippen LogP contribution is -2.42. The van der Waals surface area contributed by atoms with E-state index in [0.717, 1.165) is 22.7 Å². The van der Waals surface area contributed by atoms with Crippen molar-refractivity contribution in [2.45, 2.75) is 31.8 Å². The van der Waals surface area contributed by atoms with Crippen LogP contribution in [0.4, 0.5) is 0 Å². The summed E-state index contributed by atoms with van der Waals surface area (Å²) in [4.78, 5) is 16.8. The van der Waals surface area contributed by atoms with Gasteiger partial charge in [-0.1, -0.05) is 0 Å². The van der Waals surface area contributed by atoms with E-state index in [1.54, 1.807) is 11.3 Å². The first-order valence-corrected chi connectivity index (χ1v) is 5.40. The van der Waals surface area contributed by atoms with Crippen molar-refractivity contribution in [3.8, 4) is 0 Å². The van der Waals surface area contributed by atoms with Crippen LogP contribution in [0.25, 0.3) is 0 Å². The standard InChI is InChI=1S/C9H13N3OS/c1-6-4-11-7(14-6)5-12-8(13)9(10)2-3-9/h4H,2-3,5,10H2,1H3,(H,12,13). The number of nitrogens with zero attached hydrogens (tertiary/aromatic N) is 1. The molecule has 3 N–H and O–H groups in total. The Kier molecular flexibility index (Phi) is 2.28. The Morgan fingerprint density at radius 3 is 3.00 bits per heavy atom. The van der Waals surface area contributed by atoms with E-state index in [1.807, 2.05) is 13.1 Å². The Morgan fingerprint density at radius 1 is 1.79 bits per heavy atom. The molecule has 2 rings (SSSR count). The Morgan fingerprint density at radius 2 is 2.50 bits per heavy atom. The maximum absolute atomic E-state index is 11.4. The minimum absolute atomic E-state index is 0.0506. The molecule has 0 radical (unpaired) electrons. The summed E-state index contributed by atoms with van der Waals surface area (Å²) in [6.07, 6.45) is 3.41. The molecule has 1 aromatic rings. The second kappa shape index (κ2) is 3.33. The molecule has 14 heavy (non-hydrogen) atoms. The molecule has 5 heteroatoms. The van der Waals surface area contributed by atoms with Crippen molar-refractivity contribution < 1.29 is 4.79 Å². The van der Waals surface area contributed by atoms with Gasteiger partial charge in [0.05, 0.1) is 12.1 Å². The van der Waals surface area contributed by atoms with E-state index in [-0.39, 0.29) is 5.91 Å². The summed E-state index contributed by atoms with van der Waals surface area (Å²) in [6.45, 7) is 2.49. The van der Waals surface area contributed by atoms with Gasteiger partial charge in [-0.2, -0.15) is 0 Å². The molecule has 1 fully saturated rings. The molecule has 1 aromatic heterocycles. The Balaban J connectivity index is 1.85. The molecule has 1 saturated carbocycles. The minimum Gasteiger partial charge on any atom is -0.348 e. The number of hydrogen-bond donors (Lipinski definition) is 2. The minimum atomic E-state index is -0.577.